The van der Waals surface area contributed by atoms with Gasteiger partial charge in [0, 0.05) is 32.9 Å². The van der Waals surface area contributed by atoms with Crippen molar-refractivity contribution in [2.45, 2.75) is 6.54 Å². The van der Waals surface area contributed by atoms with Crippen LogP contribution in [0.1, 0.15) is 5.56 Å². The molecule has 0 saturated carbocycles. The van der Waals surface area contributed by atoms with Crippen molar-refractivity contribution in [3.8, 4) is 0 Å². The van der Waals surface area contributed by atoms with Crippen molar-refractivity contribution in [1.82, 2.24) is 15.2 Å². The molecule has 0 saturated heterocycles. The summed E-state index contributed by atoms with van der Waals surface area (Å²) in [6, 6.07) is 4.19. The summed E-state index contributed by atoms with van der Waals surface area (Å²) < 4.78 is 0. The van der Waals surface area contributed by atoms with Crippen LogP contribution in [0.25, 0.3) is 0 Å². The molecule has 0 radical (unpaired) electrons. The Kier molecular flexibility index (Phi) is 5.22. The second kappa shape index (κ2) is 6.45. The van der Waals surface area contributed by atoms with Gasteiger partial charge in [-0.25, -0.2) is 4.98 Å². The van der Waals surface area contributed by atoms with Crippen LogP contribution in [-0.4, -0.2) is 51.2 Å². The van der Waals surface area contributed by atoms with Crippen LogP contribution in [0.3, 0.4) is 0 Å². The van der Waals surface area contributed by atoms with Crippen molar-refractivity contribution in [3.63, 3.8) is 0 Å². The highest BCUT2D eigenvalue weighted by atomic mass is 15.2. The lowest BCUT2D eigenvalue weighted by atomic mass is 10.3. The molecule has 0 atom stereocenters. The van der Waals surface area contributed by atoms with Gasteiger partial charge in [-0.2, -0.15) is 0 Å². The fourth-order valence-corrected chi connectivity index (χ4v) is 1.42. The van der Waals surface area contributed by atoms with Gasteiger partial charge in [0.1, 0.15) is 5.82 Å². The van der Waals surface area contributed by atoms with Crippen LogP contribution in [0.4, 0.5) is 5.82 Å². The number of anilines is 1. The minimum absolute atomic E-state index is 0.870. The number of nitrogens with zero attached hydrogens (tertiary/aromatic N) is 3. The number of rotatable bonds is 6. The first kappa shape index (κ1) is 12.9. The smallest absolute Gasteiger partial charge is 0.128 e. The Hall–Kier alpha value is -1.13. The Bertz CT molecular complexity index is 294. The quantitative estimate of drug-likeness (QED) is 0.771. The second-order valence-electron chi connectivity index (χ2n) is 4.28. The topological polar surface area (TPSA) is 31.4 Å². The van der Waals surface area contributed by atoms with E-state index in [0.29, 0.717) is 0 Å². The highest BCUT2D eigenvalue weighted by molar-refractivity contribution is 5.38. The van der Waals surface area contributed by atoms with E-state index in [-0.39, 0.29) is 0 Å². The number of pyridine rings is 1. The number of likely N-dealkylation sites (N-methyl/N-ethyl adjacent to an activating group) is 2. The molecule has 4 nitrogen and oxygen atoms in total. The molecule has 0 unspecified atom stereocenters. The third kappa shape index (κ3) is 4.16. The molecule has 0 amide bonds. The molecule has 0 aliphatic rings. The van der Waals surface area contributed by atoms with Gasteiger partial charge >= 0.3 is 0 Å². The van der Waals surface area contributed by atoms with Crippen LogP contribution in [-0.2, 0) is 6.54 Å². The molecule has 0 aliphatic heterocycles. The third-order valence-corrected chi connectivity index (χ3v) is 2.46. The Morgan fingerprint density at radius 1 is 1.19 bits per heavy atom. The summed E-state index contributed by atoms with van der Waals surface area (Å²) >= 11 is 0. The predicted molar refractivity (Wildman–Crippen MR) is 68.8 cm³/mol. The highest BCUT2D eigenvalue weighted by Crippen LogP contribution is 2.09. The molecule has 1 aromatic heterocycles. The zero-order valence-corrected chi connectivity index (χ0v) is 10.7. The second-order valence-corrected chi connectivity index (χ2v) is 4.28. The highest BCUT2D eigenvalue weighted by Gasteiger charge is 2.02. The summed E-state index contributed by atoms with van der Waals surface area (Å²) in [7, 11) is 8.18. The van der Waals surface area contributed by atoms with Crippen LogP contribution in [0.5, 0.6) is 0 Å². The average molecular weight is 222 g/mol. The summed E-state index contributed by atoms with van der Waals surface area (Å²) in [4.78, 5) is 8.78. The number of hydrogen-bond donors (Lipinski definition) is 1. The molecular formula is C12H22N4. The van der Waals surface area contributed by atoms with Crippen molar-refractivity contribution < 1.29 is 0 Å². The van der Waals surface area contributed by atoms with Crippen molar-refractivity contribution in [2.24, 2.45) is 0 Å². The Morgan fingerprint density at radius 2 is 1.94 bits per heavy atom. The fourth-order valence-electron chi connectivity index (χ4n) is 1.42. The largest absolute Gasteiger partial charge is 0.358 e. The van der Waals surface area contributed by atoms with E-state index in [2.05, 4.69) is 53.4 Å². The van der Waals surface area contributed by atoms with Crippen LogP contribution in [0, 0.1) is 0 Å². The molecular weight excluding hydrogens is 200 g/mol. The number of hydrogen-bond acceptors (Lipinski definition) is 4. The summed E-state index contributed by atoms with van der Waals surface area (Å²) in [5.74, 6) is 1.03. The van der Waals surface area contributed by atoms with Gasteiger partial charge in [0.05, 0.1) is 0 Å². The van der Waals surface area contributed by atoms with Crippen LogP contribution < -0.4 is 10.2 Å². The molecule has 0 aromatic carbocycles. The summed E-state index contributed by atoms with van der Waals surface area (Å²) in [6.07, 6.45) is 1.93. The first-order valence-electron chi connectivity index (χ1n) is 5.59. The lowest BCUT2D eigenvalue weighted by molar-refractivity contribution is 0.416. The molecule has 0 bridgehead atoms. The van der Waals surface area contributed by atoms with Gasteiger partial charge in [0.2, 0.25) is 0 Å². The molecule has 0 fully saturated rings. The molecule has 16 heavy (non-hydrogen) atoms. The lowest BCUT2D eigenvalue weighted by Crippen LogP contribution is -2.28. The predicted octanol–water partition coefficient (Wildman–Crippen LogP) is 0.799. The van der Waals surface area contributed by atoms with E-state index in [1.807, 2.05) is 13.2 Å². The van der Waals surface area contributed by atoms with E-state index in [4.69, 9.17) is 0 Å². The lowest BCUT2D eigenvalue weighted by Gasteiger charge is -2.20. The zero-order chi connectivity index (χ0) is 12.0. The van der Waals surface area contributed by atoms with E-state index >= 15 is 0 Å². The monoisotopic (exact) mass is 222 g/mol. The minimum Gasteiger partial charge on any atom is -0.358 e. The molecule has 90 valence electrons. The Morgan fingerprint density at radius 3 is 2.44 bits per heavy atom. The van der Waals surface area contributed by atoms with E-state index in [1.54, 1.807) is 0 Å². The van der Waals surface area contributed by atoms with Gasteiger partial charge in [-0.15, -0.1) is 0 Å². The fraction of sp³-hybridized carbons (Fsp3) is 0.583. The van der Waals surface area contributed by atoms with Gasteiger partial charge in [-0.1, -0.05) is 6.07 Å². The summed E-state index contributed by atoms with van der Waals surface area (Å²) in [5, 5.41) is 3.11. The first-order valence-corrected chi connectivity index (χ1v) is 5.59. The molecule has 4 heteroatoms. The maximum absolute atomic E-state index is 4.44. The van der Waals surface area contributed by atoms with Crippen molar-refractivity contribution in [3.05, 3.63) is 23.9 Å². The third-order valence-electron chi connectivity index (χ3n) is 2.46. The first-order chi connectivity index (χ1) is 7.63. The average Bonchev–Trinajstić information content (AvgIpc) is 2.27. The van der Waals surface area contributed by atoms with E-state index in [1.165, 1.54) is 5.56 Å². The van der Waals surface area contributed by atoms with Gasteiger partial charge in [0.25, 0.3) is 0 Å². The molecule has 0 spiro atoms. The minimum atomic E-state index is 0.870. The standard InChI is InChI=1S/C12H22N4/c1-13-9-11-5-6-12(14-10-11)16(4)8-7-15(2)3/h5-6,10,13H,7-9H2,1-4H3. The van der Waals surface area contributed by atoms with Gasteiger partial charge in [0.15, 0.2) is 0 Å². The van der Waals surface area contributed by atoms with Crippen LogP contribution in [0.15, 0.2) is 18.3 Å². The Balaban J connectivity index is 2.52. The van der Waals surface area contributed by atoms with Gasteiger partial charge < -0.3 is 15.1 Å². The molecule has 1 N–H and O–H groups in total. The molecule has 1 heterocycles. The molecule has 1 rings (SSSR count). The molecule has 0 aliphatic carbocycles. The maximum Gasteiger partial charge on any atom is 0.128 e. The van der Waals surface area contributed by atoms with Crippen molar-refractivity contribution in [2.75, 3.05) is 46.2 Å². The maximum atomic E-state index is 4.44. The number of nitrogens with one attached hydrogen (secondary N) is 1. The number of aromatic nitrogens is 1. The summed E-state index contributed by atoms with van der Waals surface area (Å²) in [6.45, 7) is 2.90. The van der Waals surface area contributed by atoms with Crippen LogP contribution in [0.2, 0.25) is 0 Å². The molecule has 1 aromatic rings. The van der Waals surface area contributed by atoms with E-state index < -0.39 is 0 Å². The van der Waals surface area contributed by atoms with Gasteiger partial charge in [-0.3, -0.25) is 0 Å². The van der Waals surface area contributed by atoms with E-state index in [9.17, 15) is 0 Å². The zero-order valence-electron chi connectivity index (χ0n) is 10.7. The Labute approximate surface area is 98.3 Å². The summed E-state index contributed by atoms with van der Waals surface area (Å²) in [5.41, 5.74) is 1.22. The van der Waals surface area contributed by atoms with E-state index in [0.717, 1.165) is 25.5 Å². The van der Waals surface area contributed by atoms with Crippen LogP contribution >= 0.6 is 0 Å². The van der Waals surface area contributed by atoms with Gasteiger partial charge in [-0.05, 0) is 32.8 Å². The normalized spacial score (nSPS) is 10.8. The van der Waals surface area contributed by atoms with Crippen molar-refractivity contribution >= 4 is 5.82 Å². The van der Waals surface area contributed by atoms with Crippen molar-refractivity contribution in [1.29, 1.82) is 0 Å². The SMILES string of the molecule is CNCc1ccc(N(C)CCN(C)C)nc1.